The summed E-state index contributed by atoms with van der Waals surface area (Å²) >= 11 is 0. The standard InChI is InChI=1S/C32H37N3O4S/c1-4-39-28-13-11-26(12-14-28)33-21-27(36)22-35-24(3)32(30-7-5-6-8-31(30)35)25-17-19-34(20-18-25)40(37,38)29-15-9-23(2)10-16-29/h5-17,27,33,36H,4,18-22H2,1-3H3/t27-/m1/s1. The lowest BCUT2D eigenvalue weighted by molar-refractivity contribution is 0.167. The van der Waals surface area contributed by atoms with Gasteiger partial charge in [0, 0.05) is 47.5 Å². The Kier molecular flexibility index (Phi) is 8.30. The lowest BCUT2D eigenvalue weighted by Gasteiger charge is -2.26. The number of ether oxygens (including phenoxy) is 1. The van der Waals surface area contributed by atoms with Crippen LogP contribution in [0.3, 0.4) is 0 Å². The molecular formula is C32H37N3O4S. The number of sulfonamides is 1. The van der Waals surface area contributed by atoms with E-state index in [0.717, 1.165) is 44.7 Å². The number of rotatable bonds is 10. The van der Waals surface area contributed by atoms with Crippen LogP contribution in [0.5, 0.6) is 5.75 Å². The van der Waals surface area contributed by atoms with Crippen molar-refractivity contribution in [1.29, 1.82) is 0 Å². The van der Waals surface area contributed by atoms with Crippen molar-refractivity contribution in [2.45, 2.75) is 44.7 Å². The van der Waals surface area contributed by atoms with E-state index in [-0.39, 0.29) is 0 Å². The zero-order chi connectivity index (χ0) is 28.3. The Balaban J connectivity index is 1.33. The molecule has 5 rings (SSSR count). The average molecular weight is 560 g/mol. The van der Waals surface area contributed by atoms with Crippen molar-refractivity contribution in [3.05, 3.63) is 95.7 Å². The average Bonchev–Trinajstić information content (AvgIpc) is 3.24. The first-order valence-electron chi connectivity index (χ1n) is 13.8. The van der Waals surface area contributed by atoms with Crippen molar-refractivity contribution >= 4 is 32.2 Å². The molecule has 0 saturated heterocycles. The second-order valence-corrected chi connectivity index (χ2v) is 12.2. The lowest BCUT2D eigenvalue weighted by Crippen LogP contribution is -2.34. The number of aromatic nitrogens is 1. The summed E-state index contributed by atoms with van der Waals surface area (Å²) in [7, 11) is -3.55. The molecule has 0 aliphatic carbocycles. The molecule has 40 heavy (non-hydrogen) atoms. The van der Waals surface area contributed by atoms with Crippen molar-refractivity contribution in [2.75, 3.05) is 31.6 Å². The molecule has 0 saturated carbocycles. The van der Waals surface area contributed by atoms with Crippen LogP contribution in [0.25, 0.3) is 16.5 Å². The highest BCUT2D eigenvalue weighted by Gasteiger charge is 2.28. The summed E-state index contributed by atoms with van der Waals surface area (Å²) in [6.45, 7) is 8.22. The first-order valence-corrected chi connectivity index (χ1v) is 15.2. The van der Waals surface area contributed by atoms with E-state index in [4.69, 9.17) is 4.74 Å². The molecule has 0 bridgehead atoms. The first-order chi connectivity index (χ1) is 19.3. The smallest absolute Gasteiger partial charge is 0.243 e. The Hall–Kier alpha value is -3.59. The van der Waals surface area contributed by atoms with Crippen LogP contribution in [-0.4, -0.2) is 54.7 Å². The summed E-state index contributed by atoms with van der Waals surface area (Å²) in [6.07, 6.45) is 2.06. The molecule has 210 valence electrons. The van der Waals surface area contributed by atoms with Crippen molar-refractivity contribution < 1.29 is 18.3 Å². The second-order valence-electron chi connectivity index (χ2n) is 10.2. The van der Waals surface area contributed by atoms with Crippen molar-refractivity contribution in [1.82, 2.24) is 8.87 Å². The normalized spacial score (nSPS) is 15.2. The number of benzene rings is 3. The maximum Gasteiger partial charge on any atom is 0.243 e. The van der Waals surface area contributed by atoms with E-state index in [9.17, 15) is 13.5 Å². The van der Waals surface area contributed by atoms with Crippen LogP contribution < -0.4 is 10.1 Å². The number of hydrogen-bond acceptors (Lipinski definition) is 5. The minimum Gasteiger partial charge on any atom is -0.494 e. The molecule has 1 aromatic heterocycles. The van der Waals surface area contributed by atoms with E-state index in [1.807, 2.05) is 68.5 Å². The number of nitrogens with zero attached hydrogens (tertiary/aromatic N) is 2. The van der Waals surface area contributed by atoms with E-state index >= 15 is 0 Å². The molecule has 0 radical (unpaired) electrons. The van der Waals surface area contributed by atoms with Gasteiger partial charge in [0.2, 0.25) is 10.0 Å². The Morgan fingerprint density at radius 3 is 2.40 bits per heavy atom. The zero-order valence-corrected chi connectivity index (χ0v) is 24.1. The predicted octanol–water partition coefficient (Wildman–Crippen LogP) is 5.61. The van der Waals surface area contributed by atoms with Gasteiger partial charge in [0.15, 0.2) is 0 Å². The van der Waals surface area contributed by atoms with Gasteiger partial charge in [-0.25, -0.2) is 8.42 Å². The molecule has 7 nitrogen and oxygen atoms in total. The topological polar surface area (TPSA) is 83.8 Å². The zero-order valence-electron chi connectivity index (χ0n) is 23.3. The minimum absolute atomic E-state index is 0.329. The fraction of sp³-hybridized carbons (Fsp3) is 0.312. The maximum absolute atomic E-state index is 13.2. The van der Waals surface area contributed by atoms with E-state index in [2.05, 4.69) is 28.9 Å². The highest BCUT2D eigenvalue weighted by Crippen LogP contribution is 2.35. The van der Waals surface area contributed by atoms with Gasteiger partial charge in [-0.05, 0) is 75.2 Å². The fourth-order valence-corrected chi connectivity index (χ4v) is 6.75. The molecular weight excluding hydrogens is 522 g/mol. The molecule has 4 aromatic rings. The van der Waals surface area contributed by atoms with E-state index in [1.54, 1.807) is 16.4 Å². The van der Waals surface area contributed by atoms with E-state index in [1.165, 1.54) is 0 Å². The highest BCUT2D eigenvalue weighted by molar-refractivity contribution is 7.89. The Morgan fingerprint density at radius 2 is 1.73 bits per heavy atom. The van der Waals surface area contributed by atoms with Gasteiger partial charge in [-0.1, -0.05) is 42.0 Å². The highest BCUT2D eigenvalue weighted by atomic mass is 32.2. The summed E-state index contributed by atoms with van der Waals surface area (Å²) < 4.78 is 35.6. The third kappa shape index (κ3) is 5.80. The number of aliphatic hydroxyl groups excluding tert-OH is 1. The van der Waals surface area contributed by atoms with E-state index < -0.39 is 16.1 Å². The number of anilines is 1. The number of aliphatic hydroxyl groups is 1. The monoisotopic (exact) mass is 559 g/mol. The number of nitrogens with one attached hydrogen (secondary N) is 1. The molecule has 1 aliphatic rings. The predicted molar refractivity (Wildman–Crippen MR) is 161 cm³/mol. The molecule has 2 N–H and O–H groups in total. The second kappa shape index (κ2) is 11.9. The largest absolute Gasteiger partial charge is 0.494 e. The van der Waals surface area contributed by atoms with Crippen molar-refractivity contribution in [3.8, 4) is 5.75 Å². The molecule has 0 unspecified atom stereocenters. The van der Waals surface area contributed by atoms with Gasteiger partial charge in [0.1, 0.15) is 5.75 Å². The molecule has 1 atom stereocenters. The van der Waals surface area contributed by atoms with Gasteiger partial charge in [0.05, 0.1) is 24.2 Å². The van der Waals surface area contributed by atoms with Crippen LogP contribution in [0, 0.1) is 13.8 Å². The first kappa shape index (κ1) is 28.0. The number of aryl methyl sites for hydroxylation is 1. The van der Waals surface area contributed by atoms with Gasteiger partial charge in [-0.2, -0.15) is 4.31 Å². The van der Waals surface area contributed by atoms with Crippen LogP contribution in [0.2, 0.25) is 0 Å². The Bertz CT molecular complexity index is 1610. The number of para-hydroxylation sites is 1. The Morgan fingerprint density at radius 1 is 1.00 bits per heavy atom. The SMILES string of the molecule is CCOc1ccc(NC[C@@H](O)Cn2c(C)c(C3=CCN(S(=O)(=O)c4ccc(C)cc4)CC3)c3ccccc32)cc1. The van der Waals surface area contributed by atoms with Crippen LogP contribution in [0.4, 0.5) is 5.69 Å². The number of fused-ring (bicyclic) bond motifs is 1. The van der Waals surface area contributed by atoms with E-state index in [0.29, 0.717) is 44.1 Å². The van der Waals surface area contributed by atoms with Crippen molar-refractivity contribution in [2.24, 2.45) is 0 Å². The Labute approximate surface area is 236 Å². The third-order valence-corrected chi connectivity index (χ3v) is 9.36. The van der Waals surface area contributed by atoms with Gasteiger partial charge in [-0.3, -0.25) is 0 Å². The van der Waals surface area contributed by atoms with Gasteiger partial charge in [-0.15, -0.1) is 0 Å². The third-order valence-electron chi connectivity index (χ3n) is 7.48. The molecule has 2 heterocycles. The number of hydrogen-bond donors (Lipinski definition) is 2. The van der Waals surface area contributed by atoms with Gasteiger partial charge >= 0.3 is 0 Å². The molecule has 8 heteroatoms. The maximum atomic E-state index is 13.2. The van der Waals surface area contributed by atoms with Gasteiger partial charge < -0.3 is 19.7 Å². The summed E-state index contributed by atoms with van der Waals surface area (Å²) in [5.41, 5.74) is 6.37. The minimum atomic E-state index is -3.55. The molecule has 3 aromatic carbocycles. The fourth-order valence-electron chi connectivity index (χ4n) is 5.37. The molecule has 0 amide bonds. The van der Waals surface area contributed by atoms with Gasteiger partial charge in [0.25, 0.3) is 0 Å². The molecule has 0 fully saturated rings. The van der Waals surface area contributed by atoms with Crippen LogP contribution in [0.15, 0.2) is 83.8 Å². The molecule has 1 aliphatic heterocycles. The summed E-state index contributed by atoms with van der Waals surface area (Å²) in [6, 6.07) is 23.0. The lowest BCUT2D eigenvalue weighted by atomic mass is 9.97. The summed E-state index contributed by atoms with van der Waals surface area (Å²) in [4.78, 5) is 0.329. The summed E-state index contributed by atoms with van der Waals surface area (Å²) in [5.74, 6) is 0.823. The van der Waals surface area contributed by atoms with Crippen molar-refractivity contribution in [3.63, 3.8) is 0 Å². The quantitative estimate of drug-likeness (QED) is 0.264. The van der Waals surface area contributed by atoms with Crippen LogP contribution in [0.1, 0.15) is 30.2 Å². The molecule has 0 spiro atoms. The van der Waals surface area contributed by atoms with Crippen LogP contribution in [-0.2, 0) is 16.6 Å². The summed E-state index contributed by atoms with van der Waals surface area (Å²) in [5, 5.41) is 15.4. The van der Waals surface area contributed by atoms with Crippen LogP contribution >= 0.6 is 0 Å².